The van der Waals surface area contributed by atoms with Crippen molar-refractivity contribution in [3.63, 3.8) is 0 Å². The summed E-state index contributed by atoms with van der Waals surface area (Å²) < 4.78 is 48.0. The fraction of sp³-hybridized carbons (Fsp3) is 0.300. The molecular formula is C20H21F3N4O2S. The molecular weight excluding hydrogens is 417 g/mol. The lowest BCUT2D eigenvalue weighted by Crippen LogP contribution is -2.36. The fourth-order valence-corrected chi connectivity index (χ4v) is 3.23. The van der Waals surface area contributed by atoms with E-state index in [4.69, 9.17) is 9.15 Å². The number of benzene rings is 1. The predicted octanol–water partition coefficient (Wildman–Crippen LogP) is 4.52. The Morgan fingerprint density at radius 2 is 2.03 bits per heavy atom. The Balaban J connectivity index is 1.57. The van der Waals surface area contributed by atoms with Gasteiger partial charge in [-0.2, -0.15) is 13.2 Å². The average Bonchev–Trinajstić information content (AvgIpc) is 3.38. The lowest BCUT2D eigenvalue weighted by atomic mass is 10.1. The molecule has 0 aliphatic rings. The molecule has 30 heavy (non-hydrogen) atoms. The fourth-order valence-electron chi connectivity index (χ4n) is 2.58. The molecule has 6 nitrogen and oxygen atoms in total. The number of aryl methyl sites for hydroxylation is 1. The molecule has 10 heteroatoms. The quantitative estimate of drug-likeness (QED) is 0.419. The number of alkyl halides is 3. The minimum absolute atomic E-state index is 0.187. The van der Waals surface area contributed by atoms with E-state index in [9.17, 15) is 13.2 Å². The minimum Gasteiger partial charge on any atom is -0.484 e. The van der Waals surface area contributed by atoms with Crippen molar-refractivity contribution in [2.24, 2.45) is 4.99 Å². The van der Waals surface area contributed by atoms with Gasteiger partial charge in [-0.1, -0.05) is 18.2 Å². The summed E-state index contributed by atoms with van der Waals surface area (Å²) in [4.78, 5) is 9.48. The summed E-state index contributed by atoms with van der Waals surface area (Å²) in [6, 6.07) is 8.97. The summed E-state index contributed by atoms with van der Waals surface area (Å²) in [5, 5.41) is 8.11. The van der Waals surface area contributed by atoms with Crippen molar-refractivity contribution in [3.8, 4) is 16.5 Å². The normalized spacial score (nSPS) is 12.1. The number of halogens is 3. The summed E-state index contributed by atoms with van der Waals surface area (Å²) in [6.07, 6.45) is -2.83. The molecule has 0 saturated carbocycles. The van der Waals surface area contributed by atoms with Crippen LogP contribution in [-0.4, -0.2) is 30.8 Å². The van der Waals surface area contributed by atoms with Gasteiger partial charge in [0.15, 0.2) is 12.6 Å². The first kappa shape index (κ1) is 21.7. The summed E-state index contributed by atoms with van der Waals surface area (Å²) in [5.74, 6) is 1.21. The first-order valence-corrected chi connectivity index (χ1v) is 9.94. The van der Waals surface area contributed by atoms with E-state index in [0.717, 1.165) is 10.4 Å². The molecule has 0 radical (unpaired) electrons. The van der Waals surface area contributed by atoms with Gasteiger partial charge in [0.05, 0.1) is 17.1 Å². The van der Waals surface area contributed by atoms with Gasteiger partial charge in [-0.05, 0) is 30.0 Å². The molecule has 2 aromatic heterocycles. The molecule has 0 unspecified atom stereocenters. The van der Waals surface area contributed by atoms with Gasteiger partial charge in [0.1, 0.15) is 12.0 Å². The minimum atomic E-state index is -4.40. The zero-order valence-electron chi connectivity index (χ0n) is 16.4. The third-order valence-electron chi connectivity index (χ3n) is 4.00. The number of hydrogen-bond acceptors (Lipinski definition) is 5. The van der Waals surface area contributed by atoms with Crippen molar-refractivity contribution in [1.29, 1.82) is 0 Å². The summed E-state index contributed by atoms with van der Waals surface area (Å²) >= 11 is 1.54. The first-order valence-electron chi connectivity index (χ1n) is 9.06. The molecule has 0 atom stereocenters. The standard InChI is InChI=1S/C20H21F3N4O2S/c1-13-5-6-14(16(8-13)29-12-20(21,22)23)9-25-19(24-2)26-10-15-11-28-18(27-15)17-4-3-7-30-17/h3-8,11H,9-10,12H2,1-2H3,(H2,24,25,26). The second kappa shape index (κ2) is 9.66. The van der Waals surface area contributed by atoms with E-state index in [1.165, 1.54) is 11.3 Å². The van der Waals surface area contributed by atoms with Gasteiger partial charge in [0.25, 0.3) is 0 Å². The van der Waals surface area contributed by atoms with Crippen molar-refractivity contribution >= 4 is 17.3 Å². The van der Waals surface area contributed by atoms with Crippen molar-refractivity contribution in [2.45, 2.75) is 26.2 Å². The van der Waals surface area contributed by atoms with Gasteiger partial charge in [-0.3, -0.25) is 4.99 Å². The van der Waals surface area contributed by atoms with E-state index in [0.29, 0.717) is 29.7 Å². The van der Waals surface area contributed by atoms with E-state index in [1.54, 1.807) is 32.4 Å². The maximum absolute atomic E-state index is 12.5. The Morgan fingerprint density at radius 1 is 1.23 bits per heavy atom. The Bertz CT molecular complexity index is 984. The van der Waals surface area contributed by atoms with Crippen LogP contribution in [0.2, 0.25) is 0 Å². The number of oxazole rings is 1. The van der Waals surface area contributed by atoms with Gasteiger partial charge in [0.2, 0.25) is 5.89 Å². The third-order valence-corrected chi connectivity index (χ3v) is 4.86. The molecule has 0 bridgehead atoms. The van der Waals surface area contributed by atoms with Crippen LogP contribution in [0.5, 0.6) is 5.75 Å². The molecule has 3 aromatic rings. The van der Waals surface area contributed by atoms with Gasteiger partial charge < -0.3 is 19.8 Å². The van der Waals surface area contributed by atoms with Crippen molar-refractivity contribution in [3.05, 3.63) is 58.8 Å². The molecule has 1 aromatic carbocycles. The van der Waals surface area contributed by atoms with Crippen LogP contribution in [-0.2, 0) is 13.1 Å². The van der Waals surface area contributed by atoms with Crippen molar-refractivity contribution in [1.82, 2.24) is 15.6 Å². The summed E-state index contributed by atoms with van der Waals surface area (Å²) in [6.45, 7) is 1.07. The Morgan fingerprint density at radius 3 is 2.73 bits per heavy atom. The Hall–Kier alpha value is -3.01. The molecule has 3 rings (SSSR count). The van der Waals surface area contributed by atoms with Crippen LogP contribution in [0.1, 0.15) is 16.8 Å². The first-order chi connectivity index (χ1) is 14.3. The maximum Gasteiger partial charge on any atom is 0.422 e. The molecule has 0 spiro atoms. The number of aliphatic imine (C=N–C) groups is 1. The van der Waals surface area contributed by atoms with Gasteiger partial charge in [-0.25, -0.2) is 4.98 Å². The van der Waals surface area contributed by atoms with Crippen molar-refractivity contribution < 1.29 is 22.3 Å². The van der Waals surface area contributed by atoms with Crippen LogP contribution in [0.3, 0.4) is 0 Å². The van der Waals surface area contributed by atoms with E-state index in [1.807, 2.05) is 23.6 Å². The topological polar surface area (TPSA) is 71.7 Å². The molecule has 160 valence electrons. The van der Waals surface area contributed by atoms with Crippen LogP contribution >= 0.6 is 11.3 Å². The zero-order chi connectivity index (χ0) is 21.6. The number of thiophene rings is 1. The van der Waals surface area contributed by atoms with Crippen LogP contribution in [0.15, 0.2) is 51.4 Å². The summed E-state index contributed by atoms with van der Waals surface area (Å²) in [7, 11) is 1.60. The number of guanidine groups is 1. The van der Waals surface area contributed by atoms with E-state index < -0.39 is 12.8 Å². The van der Waals surface area contributed by atoms with Gasteiger partial charge >= 0.3 is 6.18 Å². The highest BCUT2D eigenvalue weighted by atomic mass is 32.1. The Labute approximate surface area is 175 Å². The maximum atomic E-state index is 12.5. The van der Waals surface area contributed by atoms with Gasteiger partial charge in [0, 0.05) is 19.2 Å². The number of rotatable bonds is 7. The third kappa shape index (κ3) is 6.24. The number of hydrogen-bond donors (Lipinski definition) is 2. The van der Waals surface area contributed by atoms with E-state index in [-0.39, 0.29) is 12.3 Å². The lowest BCUT2D eigenvalue weighted by molar-refractivity contribution is -0.153. The zero-order valence-corrected chi connectivity index (χ0v) is 17.2. The van der Waals surface area contributed by atoms with Crippen molar-refractivity contribution in [2.75, 3.05) is 13.7 Å². The number of nitrogens with one attached hydrogen (secondary N) is 2. The SMILES string of the molecule is CN=C(NCc1coc(-c2cccs2)n1)NCc1ccc(C)cc1OCC(F)(F)F. The molecule has 0 saturated heterocycles. The van der Waals surface area contributed by atoms with Crippen LogP contribution in [0.25, 0.3) is 10.8 Å². The highest BCUT2D eigenvalue weighted by Crippen LogP contribution is 2.24. The highest BCUT2D eigenvalue weighted by molar-refractivity contribution is 7.13. The highest BCUT2D eigenvalue weighted by Gasteiger charge is 2.28. The molecule has 0 amide bonds. The lowest BCUT2D eigenvalue weighted by Gasteiger charge is -2.16. The van der Waals surface area contributed by atoms with E-state index >= 15 is 0 Å². The van der Waals surface area contributed by atoms with Crippen LogP contribution in [0, 0.1) is 6.92 Å². The molecule has 2 N–H and O–H groups in total. The largest absolute Gasteiger partial charge is 0.484 e. The van der Waals surface area contributed by atoms with Crippen LogP contribution in [0.4, 0.5) is 13.2 Å². The second-order valence-corrected chi connectivity index (χ2v) is 7.36. The van der Waals surface area contributed by atoms with Crippen LogP contribution < -0.4 is 15.4 Å². The average molecular weight is 438 g/mol. The monoisotopic (exact) mass is 438 g/mol. The van der Waals surface area contributed by atoms with Gasteiger partial charge in [-0.15, -0.1) is 11.3 Å². The van der Waals surface area contributed by atoms with E-state index in [2.05, 4.69) is 20.6 Å². The Kier molecular flexibility index (Phi) is 6.99. The number of aromatic nitrogens is 1. The molecule has 0 aliphatic carbocycles. The predicted molar refractivity (Wildman–Crippen MR) is 110 cm³/mol. The molecule has 0 fully saturated rings. The summed E-state index contributed by atoms with van der Waals surface area (Å²) in [5.41, 5.74) is 2.10. The number of ether oxygens (including phenoxy) is 1. The smallest absolute Gasteiger partial charge is 0.422 e. The number of nitrogens with zero attached hydrogens (tertiary/aromatic N) is 2. The molecule has 0 aliphatic heterocycles. The second-order valence-electron chi connectivity index (χ2n) is 6.42. The molecule has 2 heterocycles.